The van der Waals surface area contributed by atoms with E-state index in [1.807, 2.05) is 50.2 Å². The Kier molecular flexibility index (Phi) is 5.32. The molecule has 3 aromatic carbocycles. The number of nitrogens with one attached hydrogen (secondary N) is 1. The van der Waals surface area contributed by atoms with Gasteiger partial charge in [-0.15, -0.1) is 0 Å². The van der Waals surface area contributed by atoms with Gasteiger partial charge in [0, 0.05) is 28.4 Å². The van der Waals surface area contributed by atoms with Crippen LogP contribution in [-0.2, 0) is 11.3 Å². The Labute approximate surface area is 213 Å². The second kappa shape index (κ2) is 8.43. The number of nitrogen functional groups attached to an aromatic ring is 1. The minimum atomic E-state index is -0.329. The van der Waals surface area contributed by atoms with Crippen molar-refractivity contribution >= 4 is 23.3 Å². The number of halogens is 2. The third-order valence-corrected chi connectivity index (χ3v) is 7.31. The van der Waals surface area contributed by atoms with Crippen LogP contribution < -0.4 is 11.1 Å². The zero-order valence-corrected chi connectivity index (χ0v) is 20.5. The molecule has 2 unspecified atom stereocenters. The molecule has 0 saturated heterocycles. The smallest absolute Gasteiger partial charge is 0.251 e. The summed E-state index contributed by atoms with van der Waals surface area (Å²) in [6, 6.07) is 17.9. The number of carbonyl (C=O) groups is 1. The van der Waals surface area contributed by atoms with Crippen molar-refractivity contribution < 1.29 is 13.9 Å². The first kappa shape index (κ1) is 22.7. The van der Waals surface area contributed by atoms with Crippen molar-refractivity contribution in [3.63, 3.8) is 0 Å². The van der Waals surface area contributed by atoms with Gasteiger partial charge < -0.3 is 15.8 Å². The van der Waals surface area contributed by atoms with Crippen LogP contribution in [0.15, 0.2) is 60.7 Å². The molecular weight excluding hydrogens is 477 g/mol. The number of aryl methyl sites for hydroxylation is 2. The number of nitrogens with zero attached hydrogens (tertiary/aromatic N) is 1. The predicted octanol–water partition coefficient (Wildman–Crippen LogP) is 6.19. The van der Waals surface area contributed by atoms with Crippen LogP contribution in [0.25, 0.3) is 11.1 Å². The van der Waals surface area contributed by atoms with Crippen LogP contribution in [0.5, 0.6) is 0 Å². The zero-order valence-electron chi connectivity index (χ0n) is 19.7. The molecule has 4 aromatic rings. The van der Waals surface area contributed by atoms with Crippen LogP contribution >= 0.6 is 11.6 Å². The van der Waals surface area contributed by atoms with E-state index in [0.717, 1.165) is 44.6 Å². The Balaban J connectivity index is 1.27. The summed E-state index contributed by atoms with van der Waals surface area (Å²) in [5, 5.41) is 3.48. The van der Waals surface area contributed by atoms with Crippen molar-refractivity contribution in [1.29, 1.82) is 0 Å². The number of carbonyl (C=O) groups excluding carboxylic acids is 1. The van der Waals surface area contributed by atoms with Gasteiger partial charge >= 0.3 is 0 Å². The number of nitrogens with two attached hydrogens (primary N) is 1. The highest BCUT2D eigenvalue weighted by Gasteiger charge is 2.43. The Morgan fingerprint density at radius 3 is 2.50 bits per heavy atom. The van der Waals surface area contributed by atoms with Gasteiger partial charge in [0.2, 0.25) is 0 Å². The van der Waals surface area contributed by atoms with E-state index in [1.54, 1.807) is 12.1 Å². The lowest BCUT2D eigenvalue weighted by Gasteiger charge is -2.18. The van der Waals surface area contributed by atoms with Crippen molar-refractivity contribution in [3.05, 3.63) is 116 Å². The van der Waals surface area contributed by atoms with E-state index in [9.17, 15) is 9.18 Å². The van der Waals surface area contributed by atoms with Gasteiger partial charge in [0.1, 0.15) is 23.8 Å². The van der Waals surface area contributed by atoms with Gasteiger partial charge in [-0.3, -0.25) is 4.79 Å². The summed E-state index contributed by atoms with van der Waals surface area (Å²) in [5.41, 5.74) is 14.4. The SMILES string of the molecule is Cc1cc(N)nc(C)c1CNC(=O)c1ccc2c(c1)C1OC2c2ccc(-c3cc(Cl)ccc3F)cc21. The van der Waals surface area contributed by atoms with Crippen LogP contribution in [0.2, 0.25) is 5.02 Å². The molecule has 6 rings (SSSR count). The standard InChI is InChI=1S/C29H23ClFN3O2/c1-14-9-26(32)34-15(2)24(14)13-33-29(35)17-4-7-20-23(11-17)28-22-10-16(3-6-19(22)27(20)36-28)21-12-18(30)5-8-25(21)31/h3-12,27-28H,13H2,1-2H3,(H2,32,34)(H,33,35). The van der Waals surface area contributed by atoms with Gasteiger partial charge in [0.05, 0.1) is 0 Å². The Bertz CT molecular complexity index is 1550. The molecule has 5 nitrogen and oxygen atoms in total. The lowest BCUT2D eigenvalue weighted by Crippen LogP contribution is -2.24. The summed E-state index contributed by atoms with van der Waals surface area (Å²) in [4.78, 5) is 17.3. The number of rotatable bonds is 4. The second-order valence-corrected chi connectivity index (χ2v) is 9.75. The molecule has 0 radical (unpaired) electrons. The highest BCUT2D eigenvalue weighted by Crippen LogP contribution is 2.55. The molecule has 0 aliphatic carbocycles. The minimum absolute atomic E-state index is 0.175. The van der Waals surface area contributed by atoms with Gasteiger partial charge in [0.25, 0.3) is 5.91 Å². The molecule has 36 heavy (non-hydrogen) atoms. The van der Waals surface area contributed by atoms with Gasteiger partial charge in [0.15, 0.2) is 0 Å². The summed E-state index contributed by atoms with van der Waals surface area (Å²) in [6.07, 6.45) is -0.498. The van der Waals surface area contributed by atoms with Crippen LogP contribution in [-0.4, -0.2) is 10.9 Å². The quantitative estimate of drug-likeness (QED) is 0.351. The lowest BCUT2D eigenvalue weighted by molar-refractivity contribution is 0.0857. The van der Waals surface area contributed by atoms with E-state index in [-0.39, 0.29) is 23.9 Å². The molecule has 0 spiro atoms. The number of fused-ring (bicyclic) bond motifs is 8. The molecule has 3 N–H and O–H groups in total. The molecule has 2 atom stereocenters. The van der Waals surface area contributed by atoms with Crippen LogP contribution in [0.1, 0.15) is 61.6 Å². The maximum Gasteiger partial charge on any atom is 0.251 e. The van der Waals surface area contributed by atoms with Crippen molar-refractivity contribution in [2.75, 3.05) is 5.73 Å². The Morgan fingerprint density at radius 1 is 1.00 bits per heavy atom. The molecular formula is C29H23ClFN3O2. The summed E-state index contributed by atoms with van der Waals surface area (Å²) < 4.78 is 20.8. The maximum absolute atomic E-state index is 14.5. The van der Waals surface area contributed by atoms with Crippen LogP contribution in [0.3, 0.4) is 0 Å². The van der Waals surface area contributed by atoms with E-state index in [2.05, 4.69) is 10.3 Å². The van der Waals surface area contributed by atoms with E-state index < -0.39 is 0 Å². The van der Waals surface area contributed by atoms with Gasteiger partial charge in [-0.1, -0.05) is 29.8 Å². The fourth-order valence-electron chi connectivity index (χ4n) is 5.30. The molecule has 1 amide bonds. The third kappa shape index (κ3) is 3.65. The fourth-order valence-corrected chi connectivity index (χ4v) is 5.47. The lowest BCUT2D eigenvalue weighted by atomic mass is 9.83. The molecule has 2 aliphatic rings. The number of ether oxygens (including phenoxy) is 1. The summed E-state index contributed by atoms with van der Waals surface area (Å²) in [7, 11) is 0. The Hall–Kier alpha value is -3.74. The maximum atomic E-state index is 14.5. The van der Waals surface area contributed by atoms with Gasteiger partial charge in [-0.25, -0.2) is 9.37 Å². The fraction of sp³-hybridized carbons (Fsp3) is 0.172. The molecule has 2 bridgehead atoms. The van der Waals surface area contributed by atoms with Crippen molar-refractivity contribution in [1.82, 2.24) is 10.3 Å². The number of hydrogen-bond donors (Lipinski definition) is 2. The number of hydrogen-bond acceptors (Lipinski definition) is 4. The van der Waals surface area contributed by atoms with E-state index in [0.29, 0.717) is 28.5 Å². The number of pyridine rings is 1. The first-order valence-corrected chi connectivity index (χ1v) is 12.1. The average Bonchev–Trinajstić information content (AvgIpc) is 3.41. The van der Waals surface area contributed by atoms with Gasteiger partial charge in [-0.05, 0) is 95.3 Å². The first-order chi connectivity index (χ1) is 17.3. The van der Waals surface area contributed by atoms with E-state index in [1.165, 1.54) is 12.1 Å². The van der Waals surface area contributed by atoms with Crippen molar-refractivity contribution in [2.24, 2.45) is 0 Å². The summed E-state index contributed by atoms with van der Waals surface area (Å²) in [5.74, 6) is -0.0361. The minimum Gasteiger partial charge on any atom is -0.384 e. The molecule has 0 fully saturated rings. The Morgan fingerprint density at radius 2 is 1.72 bits per heavy atom. The monoisotopic (exact) mass is 499 g/mol. The van der Waals surface area contributed by atoms with Gasteiger partial charge in [-0.2, -0.15) is 0 Å². The highest BCUT2D eigenvalue weighted by molar-refractivity contribution is 6.30. The normalized spacial score (nSPS) is 17.1. The predicted molar refractivity (Wildman–Crippen MR) is 137 cm³/mol. The largest absolute Gasteiger partial charge is 0.384 e. The summed E-state index contributed by atoms with van der Waals surface area (Å²) in [6.45, 7) is 4.20. The molecule has 3 heterocycles. The van der Waals surface area contributed by atoms with Crippen LogP contribution in [0.4, 0.5) is 10.2 Å². The summed E-state index contributed by atoms with van der Waals surface area (Å²) >= 11 is 6.11. The van der Waals surface area contributed by atoms with Crippen LogP contribution in [0, 0.1) is 19.7 Å². The topological polar surface area (TPSA) is 77.2 Å². The average molecular weight is 500 g/mol. The molecule has 7 heteroatoms. The van der Waals surface area contributed by atoms with Crippen molar-refractivity contribution in [3.8, 4) is 11.1 Å². The third-order valence-electron chi connectivity index (χ3n) is 7.08. The van der Waals surface area contributed by atoms with Crippen molar-refractivity contribution in [2.45, 2.75) is 32.6 Å². The number of aromatic nitrogens is 1. The second-order valence-electron chi connectivity index (χ2n) is 9.32. The zero-order chi connectivity index (χ0) is 25.1. The molecule has 1 aromatic heterocycles. The van der Waals surface area contributed by atoms with E-state index >= 15 is 0 Å². The number of anilines is 1. The van der Waals surface area contributed by atoms with E-state index in [4.69, 9.17) is 22.1 Å². The highest BCUT2D eigenvalue weighted by atomic mass is 35.5. The number of amides is 1. The molecule has 0 saturated carbocycles. The first-order valence-electron chi connectivity index (χ1n) is 11.7. The molecule has 180 valence electrons. The molecule has 2 aliphatic heterocycles. The number of benzene rings is 3.